The molecule has 8 rings (SSSR count). The average molecular weight is 758 g/mol. The van der Waals surface area contributed by atoms with E-state index >= 15 is 4.79 Å². The maximum absolute atomic E-state index is 15.3. The van der Waals surface area contributed by atoms with E-state index < -0.39 is 19.8 Å². The SMILES string of the molecule is COc1ccc([Si](C)(C)[C@@H]2[C@@H](CC(=O)N3Cc4ccccc4C[C@H]3CO)O[C@]3(C(=O)N(Cc4cccc(N5CCCCC5=O)c4)c4ccccc43)[C@H]2C)cc1. The predicted octanol–water partition coefficient (Wildman–Crippen LogP) is 6.31. The molecule has 4 aliphatic rings. The van der Waals surface area contributed by atoms with Crippen LogP contribution in [0.1, 0.15) is 54.9 Å². The molecule has 55 heavy (non-hydrogen) atoms. The molecule has 2 saturated heterocycles. The highest BCUT2D eigenvalue weighted by Gasteiger charge is 2.66. The number of carbonyl (C=O) groups is 3. The van der Waals surface area contributed by atoms with Gasteiger partial charge in [-0.05, 0) is 71.8 Å². The number of para-hydroxylation sites is 1. The summed E-state index contributed by atoms with van der Waals surface area (Å²) in [5.74, 6) is 0.442. The van der Waals surface area contributed by atoms with Crippen molar-refractivity contribution in [2.45, 2.75) is 88.5 Å². The van der Waals surface area contributed by atoms with Gasteiger partial charge in [0.2, 0.25) is 11.8 Å². The standard InChI is InChI=1S/C45H51N3O6Si/c1-30-43(55(3,4)37-21-19-36(53-2)20-22-37)40(26-42(51)47-28-33-14-6-5-13-32(33)25-35(47)29-49)54-45(30)38-16-7-8-17-39(38)48(44(45)52)27-31-12-11-15-34(24-31)46-23-10-9-18-41(46)50/h5-8,11-17,19-22,24,30,35,40,43,49H,9-10,18,23,25-29H2,1-4H3/t30-,35-,40+,43-,45+/m0/s1. The van der Waals surface area contributed by atoms with Gasteiger partial charge in [0.05, 0.1) is 52.6 Å². The summed E-state index contributed by atoms with van der Waals surface area (Å²) in [4.78, 5) is 48.2. The zero-order valence-electron chi connectivity index (χ0n) is 32.2. The largest absolute Gasteiger partial charge is 0.497 e. The highest BCUT2D eigenvalue weighted by Crippen LogP contribution is 2.60. The van der Waals surface area contributed by atoms with Gasteiger partial charge in [0, 0.05) is 36.7 Å². The van der Waals surface area contributed by atoms with Crippen molar-refractivity contribution in [1.29, 1.82) is 0 Å². The fourth-order valence-electron chi connectivity index (χ4n) is 10.0. The van der Waals surface area contributed by atoms with Crippen molar-refractivity contribution in [2.75, 3.05) is 30.1 Å². The Labute approximate surface area is 324 Å². The number of amides is 3. The van der Waals surface area contributed by atoms with Gasteiger partial charge < -0.3 is 29.3 Å². The number of aliphatic hydroxyl groups excluding tert-OH is 1. The van der Waals surface area contributed by atoms with Gasteiger partial charge in [0.1, 0.15) is 5.75 Å². The maximum atomic E-state index is 15.3. The lowest BCUT2D eigenvalue weighted by Gasteiger charge is -2.39. The first kappa shape index (κ1) is 37.2. The van der Waals surface area contributed by atoms with Crippen LogP contribution in [0, 0.1) is 5.92 Å². The van der Waals surface area contributed by atoms with Crippen molar-refractivity contribution >= 4 is 42.4 Å². The second-order valence-corrected chi connectivity index (χ2v) is 21.0. The molecule has 0 saturated carbocycles. The predicted molar refractivity (Wildman–Crippen MR) is 216 cm³/mol. The second-order valence-electron chi connectivity index (χ2n) is 16.3. The molecule has 4 heterocycles. The number of piperidine rings is 1. The topological polar surface area (TPSA) is 99.6 Å². The van der Waals surface area contributed by atoms with Gasteiger partial charge in [0.15, 0.2) is 5.60 Å². The summed E-state index contributed by atoms with van der Waals surface area (Å²) >= 11 is 0. The van der Waals surface area contributed by atoms with Gasteiger partial charge in [-0.1, -0.05) is 91.9 Å². The van der Waals surface area contributed by atoms with E-state index in [1.54, 1.807) is 7.11 Å². The van der Waals surface area contributed by atoms with Crippen molar-refractivity contribution in [3.05, 3.63) is 119 Å². The van der Waals surface area contributed by atoms with E-state index in [4.69, 9.17) is 9.47 Å². The zero-order valence-corrected chi connectivity index (χ0v) is 33.2. The summed E-state index contributed by atoms with van der Waals surface area (Å²) in [6, 6.07) is 31.9. The van der Waals surface area contributed by atoms with Crippen LogP contribution in [0.25, 0.3) is 0 Å². The maximum Gasteiger partial charge on any atom is 0.264 e. The molecular formula is C45H51N3O6Si. The van der Waals surface area contributed by atoms with E-state index in [9.17, 15) is 14.7 Å². The molecule has 286 valence electrons. The molecule has 10 heteroatoms. The molecule has 4 aliphatic heterocycles. The Bertz CT molecular complexity index is 2100. The molecule has 0 aromatic heterocycles. The van der Waals surface area contributed by atoms with Gasteiger partial charge in [-0.3, -0.25) is 14.4 Å². The third-order valence-electron chi connectivity index (χ3n) is 12.9. The molecule has 1 N–H and O–H groups in total. The number of rotatable bonds is 9. The molecule has 9 nitrogen and oxygen atoms in total. The Balaban J connectivity index is 1.16. The monoisotopic (exact) mass is 757 g/mol. The minimum absolute atomic E-state index is 0.0769. The van der Waals surface area contributed by atoms with Crippen molar-refractivity contribution in [1.82, 2.24) is 4.90 Å². The van der Waals surface area contributed by atoms with Gasteiger partial charge in [-0.15, -0.1) is 0 Å². The Kier molecular flexibility index (Phi) is 9.94. The summed E-state index contributed by atoms with van der Waals surface area (Å²) in [7, 11) is -0.831. The van der Waals surface area contributed by atoms with E-state index in [2.05, 4.69) is 44.3 Å². The Morgan fingerprint density at radius 3 is 2.44 bits per heavy atom. The van der Waals surface area contributed by atoms with Gasteiger partial charge in [-0.25, -0.2) is 0 Å². The van der Waals surface area contributed by atoms with Crippen molar-refractivity contribution in [3.8, 4) is 5.75 Å². The number of ether oxygens (including phenoxy) is 2. The van der Waals surface area contributed by atoms with Crippen molar-refractivity contribution in [3.63, 3.8) is 0 Å². The van der Waals surface area contributed by atoms with E-state index in [-0.39, 0.29) is 48.3 Å². The van der Waals surface area contributed by atoms with Crippen LogP contribution in [0.2, 0.25) is 18.6 Å². The molecular weight excluding hydrogens is 707 g/mol. The summed E-state index contributed by atoms with van der Waals surface area (Å²) in [5, 5.41) is 11.7. The van der Waals surface area contributed by atoms with Gasteiger partial charge >= 0.3 is 0 Å². The lowest BCUT2D eigenvalue weighted by molar-refractivity contribution is -0.151. The lowest BCUT2D eigenvalue weighted by Crippen LogP contribution is -2.52. The Morgan fingerprint density at radius 2 is 1.69 bits per heavy atom. The Hall–Kier alpha value is -4.77. The Morgan fingerprint density at radius 1 is 0.945 bits per heavy atom. The highest BCUT2D eigenvalue weighted by molar-refractivity contribution is 6.91. The minimum atomic E-state index is -2.49. The van der Waals surface area contributed by atoms with Crippen LogP contribution in [0.4, 0.5) is 11.4 Å². The molecule has 1 spiro atoms. The zero-order chi connectivity index (χ0) is 38.5. The highest BCUT2D eigenvalue weighted by atomic mass is 28.3. The number of hydrogen-bond donors (Lipinski definition) is 1. The van der Waals surface area contributed by atoms with Crippen LogP contribution in [-0.2, 0) is 44.2 Å². The molecule has 0 aliphatic carbocycles. The summed E-state index contributed by atoms with van der Waals surface area (Å²) < 4.78 is 12.8. The first-order valence-corrected chi connectivity index (χ1v) is 22.7. The van der Waals surface area contributed by atoms with Crippen LogP contribution < -0.4 is 19.7 Å². The van der Waals surface area contributed by atoms with Crippen LogP contribution >= 0.6 is 0 Å². The van der Waals surface area contributed by atoms with Crippen molar-refractivity contribution < 1.29 is 29.0 Å². The van der Waals surface area contributed by atoms with Gasteiger partial charge in [0.25, 0.3) is 5.91 Å². The van der Waals surface area contributed by atoms with Gasteiger partial charge in [-0.2, -0.15) is 0 Å². The fourth-order valence-corrected chi connectivity index (χ4v) is 14.1. The minimum Gasteiger partial charge on any atom is -0.497 e. The molecule has 3 amide bonds. The molecule has 2 fully saturated rings. The summed E-state index contributed by atoms with van der Waals surface area (Å²) in [5.41, 5.74) is 4.26. The van der Waals surface area contributed by atoms with Crippen LogP contribution in [0.5, 0.6) is 5.75 Å². The molecule has 4 aromatic carbocycles. The quantitative estimate of drug-likeness (QED) is 0.201. The smallest absolute Gasteiger partial charge is 0.264 e. The first-order valence-electron chi connectivity index (χ1n) is 19.7. The number of aliphatic hydroxyl groups is 1. The van der Waals surface area contributed by atoms with Crippen LogP contribution in [0.3, 0.4) is 0 Å². The number of fused-ring (bicyclic) bond motifs is 3. The number of anilines is 2. The van der Waals surface area contributed by atoms with Crippen LogP contribution in [0.15, 0.2) is 97.1 Å². The third kappa shape index (κ3) is 6.38. The van der Waals surface area contributed by atoms with E-state index in [1.807, 2.05) is 87.5 Å². The number of nitrogens with zero attached hydrogens (tertiary/aromatic N) is 3. The number of methoxy groups -OCH3 is 1. The molecule has 5 atom stereocenters. The number of hydrogen-bond acceptors (Lipinski definition) is 6. The third-order valence-corrected chi connectivity index (χ3v) is 17.3. The van der Waals surface area contributed by atoms with Crippen LogP contribution in [-0.4, -0.2) is 68.2 Å². The molecule has 0 radical (unpaired) electrons. The number of carbonyl (C=O) groups excluding carboxylic acids is 3. The molecule has 0 bridgehead atoms. The normalized spacial score (nSPS) is 25.0. The number of benzene rings is 4. The first-order chi connectivity index (χ1) is 26.6. The summed E-state index contributed by atoms with van der Waals surface area (Å²) in [6.07, 6.45) is 2.57. The fraction of sp³-hybridized carbons (Fsp3) is 0.400. The van der Waals surface area contributed by atoms with E-state index in [1.165, 1.54) is 5.19 Å². The summed E-state index contributed by atoms with van der Waals surface area (Å²) in [6.45, 7) is 8.09. The second kappa shape index (κ2) is 14.7. The van der Waals surface area contributed by atoms with Crippen molar-refractivity contribution in [2.24, 2.45) is 5.92 Å². The molecule has 0 unspecified atom stereocenters. The van der Waals surface area contributed by atoms with E-state index in [0.29, 0.717) is 32.5 Å². The molecule has 4 aromatic rings. The lowest BCUT2D eigenvalue weighted by atomic mass is 9.82. The van der Waals surface area contributed by atoms with E-state index in [0.717, 1.165) is 52.2 Å². The average Bonchev–Trinajstić information content (AvgIpc) is 3.63.